The second-order valence-corrected chi connectivity index (χ2v) is 22.3. The van der Waals surface area contributed by atoms with Crippen LogP contribution in [0.3, 0.4) is 0 Å². The van der Waals surface area contributed by atoms with E-state index in [-0.39, 0.29) is 57.4 Å². The number of nitrogens with one attached hydrogen (secondary N) is 2. The highest BCUT2D eigenvalue weighted by atomic mass is 35.5. The number of aliphatic hydroxyl groups is 1. The molecule has 6 aliphatic rings. The minimum atomic E-state index is -1.62. The summed E-state index contributed by atoms with van der Waals surface area (Å²) in [5.41, 5.74) is 1.84. The fourth-order valence-electron chi connectivity index (χ4n) is 14.7. The number of rotatable bonds is 12. The second-order valence-electron chi connectivity index (χ2n) is 21.9. The monoisotopic (exact) mass is 836 g/mol. The molecule has 0 radical (unpaired) electrons. The lowest BCUT2D eigenvalue weighted by molar-refractivity contribution is -0.236. The van der Waals surface area contributed by atoms with Gasteiger partial charge in [0.25, 0.3) is 5.91 Å². The number of hydrogen-bond donors (Lipinski definition) is 4. The lowest BCUT2D eigenvalue weighted by Gasteiger charge is -2.72. The number of hydrogen-bond acceptors (Lipinski definition) is 7. The minimum absolute atomic E-state index is 0.00400. The zero-order valence-electron chi connectivity index (χ0n) is 38.1. The van der Waals surface area contributed by atoms with Crippen LogP contribution >= 0.6 is 11.6 Å². The molecule has 5 fully saturated rings. The van der Waals surface area contributed by atoms with Gasteiger partial charge in [0.1, 0.15) is 6.10 Å². The molecule has 1 aromatic rings. The molecule has 1 amide bonds. The number of benzene rings is 1. The number of halogens is 1. The van der Waals surface area contributed by atoms with Crippen LogP contribution in [0.2, 0.25) is 5.02 Å². The Morgan fingerprint density at radius 3 is 2.22 bits per heavy atom. The van der Waals surface area contributed by atoms with E-state index in [9.17, 15) is 29.4 Å². The first kappa shape index (κ1) is 42.9. The summed E-state index contributed by atoms with van der Waals surface area (Å²) in [7, 11) is 0. The van der Waals surface area contributed by atoms with Crippen molar-refractivity contribution in [2.75, 3.05) is 19.7 Å². The second kappa shape index (κ2) is 15.6. The molecule has 5 saturated carbocycles. The third-order valence-corrected chi connectivity index (χ3v) is 18.6. The van der Waals surface area contributed by atoms with Gasteiger partial charge in [-0.2, -0.15) is 0 Å². The summed E-state index contributed by atoms with van der Waals surface area (Å²) in [6.45, 7) is 20.4. The first-order valence-corrected chi connectivity index (χ1v) is 22.9. The van der Waals surface area contributed by atoms with E-state index in [4.69, 9.17) is 17.7 Å². The van der Waals surface area contributed by atoms with Crippen LogP contribution in [0.4, 0.5) is 0 Å². The fraction of sp³-hybridized carbons (Fsp3) is 0.755. The molecule has 0 spiro atoms. The summed E-state index contributed by atoms with van der Waals surface area (Å²) in [4.78, 5) is 52.6. The van der Waals surface area contributed by atoms with E-state index in [1.807, 2.05) is 13.8 Å². The maximum absolute atomic E-state index is 14.1. The molecular formula is C49H71ClN2O7. The maximum atomic E-state index is 14.1. The van der Waals surface area contributed by atoms with E-state index in [1.54, 1.807) is 24.3 Å². The first-order chi connectivity index (χ1) is 27.9. The van der Waals surface area contributed by atoms with Crippen molar-refractivity contribution in [1.82, 2.24) is 10.6 Å². The zero-order valence-corrected chi connectivity index (χ0v) is 37.8. The summed E-state index contributed by atoms with van der Waals surface area (Å²) < 4.78 is 15.3. The Morgan fingerprint density at radius 1 is 0.898 bits per heavy atom. The van der Waals surface area contributed by atoms with E-state index in [0.29, 0.717) is 47.7 Å². The normalized spacial score (nSPS) is 39.4. The van der Waals surface area contributed by atoms with Crippen molar-refractivity contribution in [1.29, 1.82) is 0 Å². The lowest BCUT2D eigenvalue weighted by atomic mass is 9.33. The average molecular weight is 837 g/mol. The van der Waals surface area contributed by atoms with E-state index in [1.165, 1.54) is 5.57 Å². The Kier molecular flexibility index (Phi) is 11.3. The number of carboxylic acids is 1. The van der Waals surface area contributed by atoms with E-state index in [0.717, 1.165) is 63.4 Å². The smallest absolute Gasteiger partial charge is 0.309 e. The Morgan fingerprint density at radius 2 is 1.59 bits per heavy atom. The number of amides is 1. The summed E-state index contributed by atoms with van der Waals surface area (Å²) >= 11 is 6.00. The van der Waals surface area contributed by atoms with Crippen molar-refractivity contribution >= 4 is 35.2 Å². The first-order valence-electron chi connectivity index (χ1n) is 23.0. The number of Topliss-reactive ketones (excluding diaryl/α,β-unsaturated/α-hetero) is 1. The van der Waals surface area contributed by atoms with E-state index >= 15 is 0 Å². The fourth-order valence-corrected chi connectivity index (χ4v) is 14.9. The van der Waals surface area contributed by atoms with Crippen molar-refractivity contribution < 1.29 is 35.5 Å². The number of ketones is 1. The molecule has 0 heterocycles. The number of esters is 1. The van der Waals surface area contributed by atoms with Gasteiger partial charge in [-0.25, -0.2) is 0 Å². The molecule has 10 heteroatoms. The number of fused-ring (bicyclic) bond motifs is 7. The number of aliphatic hydroxyl groups excluding tert-OH is 1. The van der Waals surface area contributed by atoms with Gasteiger partial charge in [0.2, 0.25) is 0 Å². The quantitative estimate of drug-likeness (QED) is 0.121. The molecule has 9 nitrogen and oxygen atoms in total. The van der Waals surface area contributed by atoms with Gasteiger partial charge >= 0.3 is 11.9 Å². The van der Waals surface area contributed by atoms with Crippen LogP contribution < -0.4 is 10.6 Å². The van der Waals surface area contributed by atoms with Crippen molar-refractivity contribution in [3.63, 3.8) is 0 Å². The van der Waals surface area contributed by atoms with Gasteiger partial charge in [-0.3, -0.25) is 19.2 Å². The standard InChI is InChI=1S/C49H71ClN2O7/c1-28(2)39-35(54)25-49(22-23-51-26-31(27-53)52-41(55)29-10-12-30(50)13-11-29)21-20-47(8)32(40(39)49)14-15-37-46(7)18-17-38(45(5,6)36(46)16-19-48(37,47)9)59-43(58)34-24-33(42(56)57)44(34,3)4/h10-13,28,31-34,36-38,51,53H,14-27H2,1-9H3,(H,52,55)(H,56,57)/t31?,32-,33+,34-,36+,37-,38+,46+,47-,48-,49-/m1/s1/i31D. The molecule has 4 N–H and O–H groups in total. The Labute approximate surface area is 359 Å². The predicted octanol–water partition coefficient (Wildman–Crippen LogP) is 9.05. The molecule has 59 heavy (non-hydrogen) atoms. The van der Waals surface area contributed by atoms with Crippen LogP contribution in [0.5, 0.6) is 0 Å². The molecule has 7 rings (SSSR count). The van der Waals surface area contributed by atoms with Crippen LogP contribution in [0.1, 0.15) is 145 Å². The molecule has 6 aliphatic carbocycles. The highest BCUT2D eigenvalue weighted by Crippen LogP contribution is 2.77. The molecule has 1 aromatic carbocycles. The summed E-state index contributed by atoms with van der Waals surface area (Å²) in [5.74, 6) is -0.865. The number of carbonyl (C=O) groups is 4. The van der Waals surface area contributed by atoms with Gasteiger partial charge in [0, 0.05) is 34.4 Å². The Bertz CT molecular complexity index is 1930. The average Bonchev–Trinajstić information content (AvgIpc) is 3.46. The van der Waals surface area contributed by atoms with Crippen molar-refractivity contribution in [3.8, 4) is 0 Å². The highest BCUT2D eigenvalue weighted by molar-refractivity contribution is 6.30. The zero-order chi connectivity index (χ0) is 44.0. The highest BCUT2D eigenvalue weighted by Gasteiger charge is 2.70. The molecule has 0 aliphatic heterocycles. The van der Waals surface area contributed by atoms with Gasteiger partial charge in [0.15, 0.2) is 5.78 Å². The largest absolute Gasteiger partial charge is 0.481 e. The molecule has 11 atom stereocenters. The van der Waals surface area contributed by atoms with Gasteiger partial charge in [0.05, 0.1) is 25.8 Å². The number of allylic oxidation sites excluding steroid dienone is 2. The predicted molar refractivity (Wildman–Crippen MR) is 230 cm³/mol. The molecular weight excluding hydrogens is 764 g/mol. The van der Waals surface area contributed by atoms with Crippen molar-refractivity contribution in [2.45, 2.75) is 145 Å². The number of carbonyl (C=O) groups excluding carboxylic acids is 3. The number of carboxylic acid groups (broad SMARTS) is 1. The van der Waals surface area contributed by atoms with Gasteiger partial charge in [-0.15, -0.1) is 0 Å². The van der Waals surface area contributed by atoms with Crippen LogP contribution in [0.15, 0.2) is 35.4 Å². The summed E-state index contributed by atoms with van der Waals surface area (Å²) in [6, 6.07) is 4.81. The van der Waals surface area contributed by atoms with Crippen molar-refractivity contribution in [3.05, 3.63) is 46.0 Å². The number of ether oxygens (including phenoxy) is 1. The van der Waals surface area contributed by atoms with Crippen LogP contribution in [0, 0.1) is 68.0 Å². The van der Waals surface area contributed by atoms with Gasteiger partial charge in [-0.05, 0) is 146 Å². The minimum Gasteiger partial charge on any atom is -0.481 e. The topological polar surface area (TPSA) is 142 Å². The molecule has 1 unspecified atom stereocenters. The molecule has 326 valence electrons. The van der Waals surface area contributed by atoms with Crippen molar-refractivity contribution in [2.24, 2.45) is 68.0 Å². The maximum Gasteiger partial charge on any atom is 0.309 e. The van der Waals surface area contributed by atoms with E-state index in [2.05, 4.69) is 59.1 Å². The van der Waals surface area contributed by atoms with Gasteiger partial charge < -0.3 is 25.6 Å². The third kappa shape index (κ3) is 7.03. The summed E-state index contributed by atoms with van der Waals surface area (Å²) in [5, 5.41) is 26.5. The SMILES string of the molecule is [2H]C(CO)(CNCC[C@@]12CC[C@]3(C)[C@H](CC[C@@H]4[C@@]5(C)CC[C@H](OC(=O)[C@H]6C[C@@H](C(=O)O)C6(C)C)C(C)(C)[C@@H]5CC[C@]43C)C1=C(C(C)C)C(=O)C2)NC(=O)c1ccc(Cl)cc1. The Balaban J connectivity index is 1.07. The number of aliphatic carboxylic acids is 1. The Hall–Kier alpha value is -2.75. The molecule has 0 saturated heterocycles. The molecule has 0 bridgehead atoms. The lowest BCUT2D eigenvalue weighted by Crippen LogP contribution is -2.66. The third-order valence-electron chi connectivity index (χ3n) is 18.3. The van der Waals surface area contributed by atoms with Crippen LogP contribution in [0.25, 0.3) is 0 Å². The summed E-state index contributed by atoms with van der Waals surface area (Å²) in [6.07, 6.45) is 9.48. The van der Waals surface area contributed by atoms with E-state index < -0.39 is 41.8 Å². The van der Waals surface area contributed by atoms with Gasteiger partial charge in [-0.1, -0.05) is 79.5 Å². The van der Waals surface area contributed by atoms with Crippen LogP contribution in [-0.2, 0) is 19.1 Å². The molecule has 0 aromatic heterocycles. The van der Waals surface area contributed by atoms with Crippen LogP contribution in [-0.4, -0.2) is 65.7 Å².